The van der Waals surface area contributed by atoms with Gasteiger partial charge in [0, 0.05) is 38.8 Å². The fraction of sp³-hybridized carbons (Fsp3) is 0.500. The van der Waals surface area contributed by atoms with E-state index in [0.717, 1.165) is 12.1 Å². The van der Waals surface area contributed by atoms with Gasteiger partial charge in [0.05, 0.1) is 0 Å². The van der Waals surface area contributed by atoms with Gasteiger partial charge in [0.15, 0.2) is 0 Å². The third-order valence-corrected chi connectivity index (χ3v) is 1.68. The zero-order chi connectivity index (χ0) is 8.97. The summed E-state index contributed by atoms with van der Waals surface area (Å²) in [7, 11) is 1.89. The van der Waals surface area contributed by atoms with Gasteiger partial charge in [-0.05, 0) is 6.07 Å². The second kappa shape index (κ2) is 3.90. The fourth-order valence-electron chi connectivity index (χ4n) is 1.01. The Morgan fingerprint density at radius 2 is 2.50 bits per heavy atom. The van der Waals surface area contributed by atoms with Crippen LogP contribution in [0.25, 0.3) is 0 Å². The quantitative estimate of drug-likeness (QED) is 0.694. The number of aryl methyl sites for hydroxylation is 1. The maximum atomic E-state index is 10.5. The molecule has 0 unspecified atom stereocenters. The number of nitrogens with zero attached hydrogens (tertiary/aromatic N) is 2. The standard InChI is InChI=1S/C8H13N3O/c1-7(12)9-5-3-8-4-6-10-11(8)2/h4,6H,3,5H2,1-2H3,(H,9,12). The molecule has 0 radical (unpaired) electrons. The van der Waals surface area contributed by atoms with Crippen molar-refractivity contribution in [3.05, 3.63) is 18.0 Å². The number of hydrogen-bond donors (Lipinski definition) is 1. The molecule has 0 atom stereocenters. The van der Waals surface area contributed by atoms with Crippen LogP contribution in [-0.2, 0) is 18.3 Å². The Labute approximate surface area is 71.6 Å². The number of amides is 1. The van der Waals surface area contributed by atoms with Crippen molar-refractivity contribution in [2.75, 3.05) is 6.54 Å². The van der Waals surface area contributed by atoms with Crippen molar-refractivity contribution in [1.82, 2.24) is 15.1 Å². The van der Waals surface area contributed by atoms with E-state index in [1.54, 1.807) is 6.20 Å². The molecule has 1 aromatic rings. The molecule has 0 saturated heterocycles. The van der Waals surface area contributed by atoms with Gasteiger partial charge in [0.2, 0.25) is 5.91 Å². The van der Waals surface area contributed by atoms with Crippen LogP contribution < -0.4 is 5.32 Å². The van der Waals surface area contributed by atoms with Gasteiger partial charge in [0.1, 0.15) is 0 Å². The lowest BCUT2D eigenvalue weighted by molar-refractivity contribution is -0.118. The molecule has 66 valence electrons. The minimum absolute atomic E-state index is 0.0113. The first kappa shape index (κ1) is 8.77. The van der Waals surface area contributed by atoms with E-state index >= 15 is 0 Å². The Balaban J connectivity index is 2.33. The molecule has 0 saturated carbocycles. The molecule has 0 aliphatic rings. The van der Waals surface area contributed by atoms with E-state index in [1.165, 1.54) is 6.92 Å². The molecule has 0 bridgehead atoms. The molecule has 0 aliphatic carbocycles. The Bertz CT molecular complexity index is 267. The van der Waals surface area contributed by atoms with Crippen molar-refractivity contribution in [3.8, 4) is 0 Å². The highest BCUT2D eigenvalue weighted by atomic mass is 16.1. The summed E-state index contributed by atoms with van der Waals surface area (Å²) in [6.45, 7) is 2.19. The van der Waals surface area contributed by atoms with Crippen LogP contribution in [0, 0.1) is 0 Å². The van der Waals surface area contributed by atoms with Gasteiger partial charge in [-0.3, -0.25) is 9.48 Å². The van der Waals surface area contributed by atoms with E-state index in [0.29, 0.717) is 6.54 Å². The normalized spacial score (nSPS) is 9.83. The molecule has 1 amide bonds. The van der Waals surface area contributed by atoms with Crippen LogP contribution in [0.1, 0.15) is 12.6 Å². The Morgan fingerprint density at radius 3 is 3.00 bits per heavy atom. The smallest absolute Gasteiger partial charge is 0.216 e. The third-order valence-electron chi connectivity index (χ3n) is 1.68. The predicted molar refractivity (Wildman–Crippen MR) is 45.6 cm³/mol. The summed E-state index contributed by atoms with van der Waals surface area (Å²) in [5, 5.41) is 6.75. The minimum Gasteiger partial charge on any atom is -0.356 e. The van der Waals surface area contributed by atoms with Crippen LogP contribution in [-0.4, -0.2) is 22.2 Å². The minimum atomic E-state index is 0.0113. The first-order chi connectivity index (χ1) is 5.70. The second-order valence-electron chi connectivity index (χ2n) is 2.68. The SMILES string of the molecule is CC(=O)NCCc1ccnn1C. The molecule has 0 aromatic carbocycles. The molecular formula is C8H13N3O. The van der Waals surface area contributed by atoms with Crippen LogP contribution >= 0.6 is 0 Å². The molecule has 4 nitrogen and oxygen atoms in total. The number of nitrogens with one attached hydrogen (secondary N) is 1. The summed E-state index contributed by atoms with van der Waals surface area (Å²) in [6.07, 6.45) is 2.58. The molecule has 1 aromatic heterocycles. The van der Waals surface area contributed by atoms with Crippen molar-refractivity contribution in [3.63, 3.8) is 0 Å². The molecule has 0 aliphatic heterocycles. The highest BCUT2D eigenvalue weighted by Gasteiger charge is 1.97. The summed E-state index contributed by atoms with van der Waals surface area (Å²) < 4.78 is 1.81. The van der Waals surface area contributed by atoms with Gasteiger partial charge in [-0.15, -0.1) is 0 Å². The lowest BCUT2D eigenvalue weighted by atomic mass is 10.3. The molecule has 4 heteroatoms. The highest BCUT2D eigenvalue weighted by Crippen LogP contribution is 1.95. The van der Waals surface area contributed by atoms with Crippen molar-refractivity contribution in [1.29, 1.82) is 0 Å². The van der Waals surface area contributed by atoms with Crippen molar-refractivity contribution in [2.45, 2.75) is 13.3 Å². The van der Waals surface area contributed by atoms with Crippen LogP contribution in [0.5, 0.6) is 0 Å². The van der Waals surface area contributed by atoms with Crippen LogP contribution in [0.15, 0.2) is 12.3 Å². The summed E-state index contributed by atoms with van der Waals surface area (Å²) >= 11 is 0. The maximum Gasteiger partial charge on any atom is 0.216 e. The highest BCUT2D eigenvalue weighted by molar-refractivity contribution is 5.72. The third kappa shape index (κ3) is 2.38. The molecule has 1 N–H and O–H groups in total. The number of carbonyl (C=O) groups is 1. The molecule has 1 rings (SSSR count). The summed E-state index contributed by atoms with van der Waals surface area (Å²) in [5.41, 5.74) is 1.13. The molecular weight excluding hydrogens is 154 g/mol. The van der Waals surface area contributed by atoms with Crippen LogP contribution in [0.3, 0.4) is 0 Å². The summed E-state index contributed by atoms with van der Waals surface area (Å²) in [6, 6.07) is 1.95. The van der Waals surface area contributed by atoms with Crippen molar-refractivity contribution < 1.29 is 4.79 Å². The van der Waals surface area contributed by atoms with Crippen molar-refractivity contribution in [2.24, 2.45) is 7.05 Å². The number of carbonyl (C=O) groups excluding carboxylic acids is 1. The monoisotopic (exact) mass is 167 g/mol. The van der Waals surface area contributed by atoms with Gasteiger partial charge < -0.3 is 5.32 Å². The number of hydrogen-bond acceptors (Lipinski definition) is 2. The van der Waals surface area contributed by atoms with E-state index in [1.807, 2.05) is 17.8 Å². The second-order valence-corrected chi connectivity index (χ2v) is 2.68. The van der Waals surface area contributed by atoms with Gasteiger partial charge in [-0.1, -0.05) is 0 Å². The van der Waals surface area contributed by atoms with Gasteiger partial charge in [0.25, 0.3) is 0 Å². The lowest BCUT2D eigenvalue weighted by Crippen LogP contribution is -2.23. The molecule has 12 heavy (non-hydrogen) atoms. The lowest BCUT2D eigenvalue weighted by Gasteiger charge is -2.01. The molecule has 1 heterocycles. The van der Waals surface area contributed by atoms with Crippen molar-refractivity contribution >= 4 is 5.91 Å². The van der Waals surface area contributed by atoms with Gasteiger partial charge >= 0.3 is 0 Å². The molecule has 0 fully saturated rings. The van der Waals surface area contributed by atoms with E-state index < -0.39 is 0 Å². The summed E-state index contributed by atoms with van der Waals surface area (Å²) in [4.78, 5) is 10.5. The van der Waals surface area contributed by atoms with E-state index in [2.05, 4.69) is 10.4 Å². The van der Waals surface area contributed by atoms with E-state index in [4.69, 9.17) is 0 Å². The van der Waals surface area contributed by atoms with Crippen LogP contribution in [0.2, 0.25) is 0 Å². The van der Waals surface area contributed by atoms with Gasteiger partial charge in [-0.2, -0.15) is 5.10 Å². The van der Waals surface area contributed by atoms with E-state index in [9.17, 15) is 4.79 Å². The first-order valence-electron chi connectivity index (χ1n) is 3.91. The zero-order valence-electron chi connectivity index (χ0n) is 7.37. The zero-order valence-corrected chi connectivity index (χ0v) is 7.37. The van der Waals surface area contributed by atoms with Gasteiger partial charge in [-0.25, -0.2) is 0 Å². The Kier molecular flexibility index (Phi) is 2.85. The fourth-order valence-corrected chi connectivity index (χ4v) is 1.01. The average molecular weight is 167 g/mol. The van der Waals surface area contributed by atoms with E-state index in [-0.39, 0.29) is 5.91 Å². The topological polar surface area (TPSA) is 46.9 Å². The largest absolute Gasteiger partial charge is 0.356 e. The maximum absolute atomic E-state index is 10.5. The molecule has 0 spiro atoms. The predicted octanol–water partition coefficient (Wildman–Crippen LogP) is 0.0987. The first-order valence-corrected chi connectivity index (χ1v) is 3.91. The number of rotatable bonds is 3. The summed E-state index contributed by atoms with van der Waals surface area (Å²) in [5.74, 6) is 0.0113. The number of aromatic nitrogens is 2. The van der Waals surface area contributed by atoms with Crippen LogP contribution in [0.4, 0.5) is 0 Å². The Hall–Kier alpha value is -1.32. The Morgan fingerprint density at radius 1 is 1.75 bits per heavy atom. The average Bonchev–Trinajstić information content (AvgIpc) is 2.36.